The van der Waals surface area contributed by atoms with Gasteiger partial charge < -0.3 is 14.4 Å². The fourth-order valence-electron chi connectivity index (χ4n) is 3.53. The molecule has 2 aromatic carbocycles. The number of aromatic carboxylic acids is 1. The zero-order valence-electron chi connectivity index (χ0n) is 17.6. The summed E-state index contributed by atoms with van der Waals surface area (Å²) in [5.41, 5.74) is 3.37. The summed E-state index contributed by atoms with van der Waals surface area (Å²) in [4.78, 5) is 36.1. The number of rotatable bonds is 8. The highest BCUT2D eigenvalue weighted by molar-refractivity contribution is 5.96. The largest absolute Gasteiger partial charge is 0.478 e. The quantitative estimate of drug-likeness (QED) is 0.547. The molecule has 1 N–H and O–H groups in total. The molecule has 0 fully saturated rings. The summed E-state index contributed by atoms with van der Waals surface area (Å²) in [6.45, 7) is 2.43. The zero-order chi connectivity index (χ0) is 22.4. The summed E-state index contributed by atoms with van der Waals surface area (Å²) in [5.74, 6) is -1.50. The first-order chi connectivity index (χ1) is 14.9. The van der Waals surface area contributed by atoms with Crippen LogP contribution in [0.5, 0.6) is 0 Å². The highest BCUT2D eigenvalue weighted by Gasteiger charge is 2.14. The normalized spacial score (nSPS) is 10.6. The Labute approximate surface area is 180 Å². The number of aryl methyl sites for hydroxylation is 1. The fourth-order valence-corrected chi connectivity index (χ4v) is 3.53. The summed E-state index contributed by atoms with van der Waals surface area (Å²) < 4.78 is 6.43. The monoisotopic (exact) mass is 419 g/mol. The molecule has 6 heteroatoms. The molecule has 3 rings (SSSR count). The third kappa shape index (κ3) is 5.09. The van der Waals surface area contributed by atoms with Crippen LogP contribution in [0.4, 0.5) is 0 Å². The van der Waals surface area contributed by atoms with Crippen LogP contribution in [0.15, 0.2) is 65.5 Å². The van der Waals surface area contributed by atoms with Crippen molar-refractivity contribution in [3.8, 4) is 11.1 Å². The first-order valence-corrected chi connectivity index (χ1v) is 10.2. The van der Waals surface area contributed by atoms with Gasteiger partial charge in [-0.25, -0.2) is 9.59 Å². The Bertz CT molecular complexity index is 1150. The van der Waals surface area contributed by atoms with Crippen molar-refractivity contribution in [3.05, 3.63) is 93.4 Å². The van der Waals surface area contributed by atoms with Crippen LogP contribution in [-0.4, -0.2) is 28.7 Å². The van der Waals surface area contributed by atoms with Crippen molar-refractivity contribution in [2.45, 2.75) is 32.7 Å². The maximum Gasteiger partial charge on any atom is 0.338 e. The molecule has 0 aliphatic heterocycles. The lowest BCUT2D eigenvalue weighted by atomic mass is 9.98. The van der Waals surface area contributed by atoms with Gasteiger partial charge in [0.2, 0.25) is 0 Å². The van der Waals surface area contributed by atoms with Gasteiger partial charge in [-0.2, -0.15) is 0 Å². The van der Waals surface area contributed by atoms with E-state index < -0.39 is 11.9 Å². The number of benzene rings is 2. The van der Waals surface area contributed by atoms with Crippen molar-refractivity contribution in [2.24, 2.45) is 0 Å². The van der Waals surface area contributed by atoms with Crippen LogP contribution in [0.25, 0.3) is 11.1 Å². The number of unbranched alkanes of at least 4 members (excludes halogenated alkanes) is 1. The molecule has 0 amide bonds. The number of carbonyl (C=O) groups is 2. The van der Waals surface area contributed by atoms with E-state index in [2.05, 4.69) is 6.92 Å². The number of carboxylic acids is 1. The summed E-state index contributed by atoms with van der Waals surface area (Å²) in [7, 11) is 1.30. The fraction of sp³-hybridized carbons (Fsp3) is 0.240. The minimum Gasteiger partial charge on any atom is -0.478 e. The average molecular weight is 419 g/mol. The van der Waals surface area contributed by atoms with Gasteiger partial charge in [-0.05, 0) is 41.7 Å². The van der Waals surface area contributed by atoms with Crippen LogP contribution in [0.3, 0.4) is 0 Å². The number of carbonyl (C=O) groups excluding carboxylic acids is 1. The van der Waals surface area contributed by atoms with Crippen LogP contribution in [0.1, 0.15) is 51.7 Å². The average Bonchev–Trinajstić information content (AvgIpc) is 2.79. The maximum absolute atomic E-state index is 12.7. The Morgan fingerprint density at radius 3 is 2.39 bits per heavy atom. The van der Waals surface area contributed by atoms with E-state index in [1.807, 2.05) is 24.3 Å². The third-order valence-electron chi connectivity index (χ3n) is 5.18. The van der Waals surface area contributed by atoms with E-state index in [1.54, 1.807) is 34.9 Å². The van der Waals surface area contributed by atoms with Gasteiger partial charge in [0.25, 0.3) is 5.56 Å². The van der Waals surface area contributed by atoms with Gasteiger partial charge in [-0.1, -0.05) is 55.8 Å². The van der Waals surface area contributed by atoms with Crippen LogP contribution in [0, 0.1) is 0 Å². The minimum absolute atomic E-state index is 0.242. The molecule has 0 aliphatic carbocycles. The second-order valence-electron chi connectivity index (χ2n) is 7.30. The first-order valence-electron chi connectivity index (χ1n) is 10.2. The lowest BCUT2D eigenvalue weighted by Gasteiger charge is -2.15. The Morgan fingerprint density at radius 1 is 1.03 bits per heavy atom. The zero-order valence-corrected chi connectivity index (χ0v) is 17.6. The van der Waals surface area contributed by atoms with E-state index in [1.165, 1.54) is 13.2 Å². The lowest BCUT2D eigenvalue weighted by Crippen LogP contribution is -2.25. The van der Waals surface area contributed by atoms with E-state index in [4.69, 9.17) is 4.74 Å². The molecule has 1 heterocycles. The molecule has 0 saturated heterocycles. The topological polar surface area (TPSA) is 85.6 Å². The van der Waals surface area contributed by atoms with E-state index in [0.717, 1.165) is 29.7 Å². The number of esters is 1. The van der Waals surface area contributed by atoms with Crippen LogP contribution < -0.4 is 5.56 Å². The second kappa shape index (κ2) is 9.89. The summed E-state index contributed by atoms with van der Waals surface area (Å²) in [5, 5.41) is 9.42. The van der Waals surface area contributed by atoms with Gasteiger partial charge in [-0.15, -0.1) is 0 Å². The Kier molecular flexibility index (Phi) is 7.03. The molecule has 1 aromatic heterocycles. The molecule has 0 bridgehead atoms. The van der Waals surface area contributed by atoms with Crippen molar-refractivity contribution in [3.63, 3.8) is 0 Å². The number of pyridine rings is 1. The molecule has 0 saturated carbocycles. The van der Waals surface area contributed by atoms with Crippen molar-refractivity contribution in [2.75, 3.05) is 7.11 Å². The molecule has 0 unspecified atom stereocenters. The third-order valence-corrected chi connectivity index (χ3v) is 5.18. The number of nitrogens with zero attached hydrogens (tertiary/aromatic N) is 1. The number of aromatic nitrogens is 1. The predicted molar refractivity (Wildman–Crippen MR) is 119 cm³/mol. The lowest BCUT2D eigenvalue weighted by molar-refractivity contribution is 0.0599. The van der Waals surface area contributed by atoms with Crippen molar-refractivity contribution >= 4 is 11.9 Å². The van der Waals surface area contributed by atoms with Crippen molar-refractivity contribution in [1.82, 2.24) is 4.57 Å². The van der Waals surface area contributed by atoms with Gasteiger partial charge in [0.15, 0.2) is 0 Å². The molecular weight excluding hydrogens is 394 g/mol. The molecule has 6 nitrogen and oxygen atoms in total. The Morgan fingerprint density at radius 2 is 1.74 bits per heavy atom. The van der Waals surface area contributed by atoms with Crippen molar-refractivity contribution in [1.29, 1.82) is 0 Å². The number of methoxy groups -OCH3 is 1. The van der Waals surface area contributed by atoms with Crippen LogP contribution >= 0.6 is 0 Å². The molecule has 0 radical (unpaired) electrons. The van der Waals surface area contributed by atoms with E-state index >= 15 is 0 Å². The summed E-state index contributed by atoms with van der Waals surface area (Å²) in [6, 6.07) is 17.4. The van der Waals surface area contributed by atoms with Gasteiger partial charge in [0, 0.05) is 11.8 Å². The molecule has 0 spiro atoms. The molecule has 31 heavy (non-hydrogen) atoms. The molecule has 0 atom stereocenters. The van der Waals surface area contributed by atoms with E-state index in [0.29, 0.717) is 18.5 Å². The Hall–Kier alpha value is -3.67. The smallest absolute Gasteiger partial charge is 0.338 e. The van der Waals surface area contributed by atoms with Gasteiger partial charge in [0.05, 0.1) is 24.8 Å². The van der Waals surface area contributed by atoms with Gasteiger partial charge in [-0.3, -0.25) is 4.79 Å². The number of ether oxygens (including phenoxy) is 1. The summed E-state index contributed by atoms with van der Waals surface area (Å²) in [6.07, 6.45) is 2.55. The number of carboxylic acid groups (broad SMARTS) is 1. The Balaban J connectivity index is 1.93. The standard InChI is InChI=1S/C25H25NO5/c1-3-4-7-20-14-19(25(30)31-2)15-23(27)26(20)16-17-10-12-18(13-11-17)21-8-5-6-9-22(21)24(28)29/h5-6,8-15H,3-4,7,16H2,1-2H3,(H,28,29). The highest BCUT2D eigenvalue weighted by atomic mass is 16.5. The van der Waals surface area contributed by atoms with E-state index in [-0.39, 0.29) is 16.7 Å². The molecular formula is C25H25NO5. The van der Waals surface area contributed by atoms with Crippen LogP contribution in [-0.2, 0) is 17.7 Å². The maximum atomic E-state index is 12.7. The molecule has 3 aromatic rings. The highest BCUT2D eigenvalue weighted by Crippen LogP contribution is 2.24. The number of hydrogen-bond acceptors (Lipinski definition) is 4. The summed E-state index contributed by atoms with van der Waals surface area (Å²) >= 11 is 0. The first kappa shape index (κ1) is 22.0. The van der Waals surface area contributed by atoms with Crippen molar-refractivity contribution < 1.29 is 19.4 Å². The second-order valence-corrected chi connectivity index (χ2v) is 7.30. The predicted octanol–water partition coefficient (Wildman–Crippen LogP) is 4.39. The van der Waals surface area contributed by atoms with Gasteiger partial charge >= 0.3 is 11.9 Å². The molecule has 0 aliphatic rings. The minimum atomic E-state index is -0.975. The van der Waals surface area contributed by atoms with E-state index in [9.17, 15) is 19.5 Å². The number of hydrogen-bond donors (Lipinski definition) is 1. The van der Waals surface area contributed by atoms with Gasteiger partial charge in [0.1, 0.15) is 0 Å². The SMILES string of the molecule is CCCCc1cc(C(=O)OC)cc(=O)n1Cc1ccc(-c2ccccc2C(=O)O)cc1. The molecule has 160 valence electrons. The van der Waals surface area contributed by atoms with Crippen LogP contribution in [0.2, 0.25) is 0 Å².